The average molecular weight is 296 g/mol. The van der Waals surface area contributed by atoms with Gasteiger partial charge in [0, 0.05) is 23.3 Å². The Balaban J connectivity index is 1.90. The second-order valence-electron chi connectivity index (χ2n) is 5.55. The number of piperidine rings is 1. The van der Waals surface area contributed by atoms with E-state index in [9.17, 15) is 4.79 Å². The maximum atomic E-state index is 12.1. The molecule has 0 radical (unpaired) electrons. The second-order valence-corrected chi connectivity index (χ2v) is 5.98. The fourth-order valence-corrected chi connectivity index (χ4v) is 2.90. The molecule has 2 unspecified atom stereocenters. The number of benzene rings is 1. The molecule has 5 heteroatoms. The molecule has 3 N–H and O–H groups in total. The summed E-state index contributed by atoms with van der Waals surface area (Å²) in [5.41, 5.74) is 6.55. The molecule has 1 fully saturated rings. The molecule has 0 aliphatic carbocycles. The highest BCUT2D eigenvalue weighted by molar-refractivity contribution is 6.30. The molecule has 0 saturated carbocycles. The molecule has 1 heterocycles. The topological polar surface area (TPSA) is 58.4 Å². The van der Waals surface area contributed by atoms with E-state index >= 15 is 0 Å². The highest BCUT2D eigenvalue weighted by Crippen LogP contribution is 2.22. The summed E-state index contributed by atoms with van der Waals surface area (Å²) in [5, 5.41) is 3.50. The summed E-state index contributed by atoms with van der Waals surface area (Å²) in [6.45, 7) is 4.17. The first-order chi connectivity index (χ1) is 9.58. The maximum Gasteiger partial charge on any atom is 0.238 e. The molecule has 4 nitrogen and oxygen atoms in total. The van der Waals surface area contributed by atoms with Gasteiger partial charge in [-0.05, 0) is 43.5 Å². The molecule has 1 aliphatic heterocycles. The quantitative estimate of drug-likeness (QED) is 0.896. The molecule has 0 aromatic heterocycles. The van der Waals surface area contributed by atoms with Crippen LogP contribution < -0.4 is 11.1 Å². The third-order valence-corrected chi connectivity index (χ3v) is 4.06. The van der Waals surface area contributed by atoms with Crippen LogP contribution in [0.25, 0.3) is 0 Å². The van der Waals surface area contributed by atoms with Crippen LogP contribution in [0.5, 0.6) is 0 Å². The van der Waals surface area contributed by atoms with Crippen LogP contribution in [-0.4, -0.2) is 36.5 Å². The number of hydrogen-bond acceptors (Lipinski definition) is 3. The van der Waals surface area contributed by atoms with Crippen molar-refractivity contribution in [2.75, 3.05) is 25.0 Å². The Hall–Kier alpha value is -1.10. The van der Waals surface area contributed by atoms with Gasteiger partial charge in [0.15, 0.2) is 0 Å². The predicted molar refractivity (Wildman–Crippen MR) is 82.9 cm³/mol. The van der Waals surface area contributed by atoms with Gasteiger partial charge >= 0.3 is 0 Å². The van der Waals surface area contributed by atoms with Crippen molar-refractivity contribution in [2.45, 2.75) is 25.8 Å². The fourth-order valence-electron chi connectivity index (χ4n) is 2.70. The standard InChI is InChI=1S/C15H22ClN3O/c1-11-5-6-19(14(7-11)9-17)10-15(20)18-13-4-2-3-12(16)8-13/h2-4,8,11,14H,5-7,9-10,17H2,1H3,(H,18,20). The second kappa shape index (κ2) is 7.07. The monoisotopic (exact) mass is 295 g/mol. The molecular weight excluding hydrogens is 274 g/mol. The normalized spacial score (nSPS) is 23.6. The maximum absolute atomic E-state index is 12.1. The molecular formula is C15H22ClN3O. The van der Waals surface area contributed by atoms with Gasteiger partial charge in [-0.25, -0.2) is 0 Å². The molecule has 1 aromatic carbocycles. The number of rotatable bonds is 4. The minimum Gasteiger partial charge on any atom is -0.329 e. The summed E-state index contributed by atoms with van der Waals surface area (Å²) in [6.07, 6.45) is 2.20. The lowest BCUT2D eigenvalue weighted by Gasteiger charge is -2.37. The van der Waals surface area contributed by atoms with Crippen molar-refractivity contribution < 1.29 is 4.79 Å². The van der Waals surface area contributed by atoms with Crippen LogP contribution in [0, 0.1) is 5.92 Å². The van der Waals surface area contributed by atoms with Crippen LogP contribution in [0.3, 0.4) is 0 Å². The van der Waals surface area contributed by atoms with Crippen LogP contribution in [0.2, 0.25) is 5.02 Å². The van der Waals surface area contributed by atoms with Crippen molar-refractivity contribution in [3.05, 3.63) is 29.3 Å². The van der Waals surface area contributed by atoms with E-state index in [2.05, 4.69) is 17.1 Å². The predicted octanol–water partition coefficient (Wildman–Crippen LogP) is 2.34. The Bertz CT molecular complexity index is 466. The lowest BCUT2D eigenvalue weighted by atomic mass is 9.92. The zero-order chi connectivity index (χ0) is 14.5. The third-order valence-electron chi connectivity index (χ3n) is 3.83. The molecule has 1 aliphatic rings. The van der Waals surface area contributed by atoms with Crippen molar-refractivity contribution in [3.8, 4) is 0 Å². The third kappa shape index (κ3) is 4.20. The number of likely N-dealkylation sites (tertiary alicyclic amines) is 1. The van der Waals surface area contributed by atoms with E-state index < -0.39 is 0 Å². The number of halogens is 1. The van der Waals surface area contributed by atoms with Crippen LogP contribution in [0.15, 0.2) is 24.3 Å². The van der Waals surface area contributed by atoms with Gasteiger partial charge in [-0.15, -0.1) is 0 Å². The number of hydrogen-bond donors (Lipinski definition) is 2. The first kappa shape index (κ1) is 15.3. The lowest BCUT2D eigenvalue weighted by molar-refractivity contribution is -0.118. The van der Waals surface area contributed by atoms with Gasteiger partial charge in [0.25, 0.3) is 0 Å². The van der Waals surface area contributed by atoms with Crippen molar-refractivity contribution >= 4 is 23.2 Å². The number of anilines is 1. The summed E-state index contributed by atoms with van der Waals surface area (Å²) >= 11 is 5.90. The Labute approximate surface area is 125 Å². The van der Waals surface area contributed by atoms with Crippen LogP contribution in [0.4, 0.5) is 5.69 Å². The molecule has 110 valence electrons. The Morgan fingerprint density at radius 3 is 3.05 bits per heavy atom. The summed E-state index contributed by atoms with van der Waals surface area (Å²) in [6, 6.07) is 7.50. The number of amides is 1. The Morgan fingerprint density at radius 2 is 2.35 bits per heavy atom. The fraction of sp³-hybridized carbons (Fsp3) is 0.533. The summed E-state index contributed by atoms with van der Waals surface area (Å²) in [5.74, 6) is 0.677. The largest absolute Gasteiger partial charge is 0.329 e. The molecule has 0 bridgehead atoms. The number of carbonyl (C=O) groups is 1. The first-order valence-corrected chi connectivity index (χ1v) is 7.46. The van der Waals surface area contributed by atoms with Gasteiger partial charge in [0.2, 0.25) is 5.91 Å². The minimum atomic E-state index is -0.0136. The molecule has 20 heavy (non-hydrogen) atoms. The molecule has 1 aromatic rings. The molecule has 2 atom stereocenters. The number of nitrogens with two attached hydrogens (primary N) is 1. The number of nitrogens with one attached hydrogen (secondary N) is 1. The van der Waals surface area contributed by atoms with Crippen LogP contribution >= 0.6 is 11.6 Å². The van der Waals surface area contributed by atoms with Gasteiger partial charge in [-0.2, -0.15) is 0 Å². The van der Waals surface area contributed by atoms with Crippen molar-refractivity contribution in [2.24, 2.45) is 11.7 Å². The van der Waals surface area contributed by atoms with E-state index in [1.54, 1.807) is 12.1 Å². The first-order valence-electron chi connectivity index (χ1n) is 7.08. The summed E-state index contributed by atoms with van der Waals surface area (Å²) in [7, 11) is 0. The van der Waals surface area contributed by atoms with Gasteiger partial charge in [0.1, 0.15) is 0 Å². The van der Waals surface area contributed by atoms with Gasteiger partial charge in [-0.1, -0.05) is 24.6 Å². The summed E-state index contributed by atoms with van der Waals surface area (Å²) < 4.78 is 0. The Morgan fingerprint density at radius 1 is 1.55 bits per heavy atom. The number of carbonyl (C=O) groups excluding carboxylic acids is 1. The van der Waals surface area contributed by atoms with Gasteiger partial charge in [-0.3, -0.25) is 9.69 Å². The van der Waals surface area contributed by atoms with Crippen LogP contribution in [0.1, 0.15) is 19.8 Å². The minimum absolute atomic E-state index is 0.0136. The molecule has 1 amide bonds. The van der Waals surface area contributed by atoms with Crippen molar-refractivity contribution in [1.29, 1.82) is 0 Å². The SMILES string of the molecule is CC1CCN(CC(=O)Nc2cccc(Cl)c2)C(CN)C1. The Kier molecular flexibility index (Phi) is 5.40. The van der Waals surface area contributed by atoms with E-state index in [-0.39, 0.29) is 5.91 Å². The highest BCUT2D eigenvalue weighted by Gasteiger charge is 2.26. The van der Waals surface area contributed by atoms with Gasteiger partial charge < -0.3 is 11.1 Å². The molecule has 2 rings (SSSR count). The van der Waals surface area contributed by atoms with Crippen molar-refractivity contribution in [3.63, 3.8) is 0 Å². The number of nitrogens with zero attached hydrogens (tertiary/aromatic N) is 1. The highest BCUT2D eigenvalue weighted by atomic mass is 35.5. The van der Waals surface area contributed by atoms with Crippen LogP contribution in [-0.2, 0) is 4.79 Å². The zero-order valence-electron chi connectivity index (χ0n) is 11.8. The lowest BCUT2D eigenvalue weighted by Crippen LogP contribution is -2.49. The molecule has 0 spiro atoms. The summed E-state index contributed by atoms with van der Waals surface area (Å²) in [4.78, 5) is 14.3. The van der Waals surface area contributed by atoms with Gasteiger partial charge in [0.05, 0.1) is 6.54 Å². The van der Waals surface area contributed by atoms with E-state index in [1.807, 2.05) is 12.1 Å². The zero-order valence-corrected chi connectivity index (χ0v) is 12.6. The van der Waals surface area contributed by atoms with E-state index in [0.717, 1.165) is 25.1 Å². The van der Waals surface area contributed by atoms with E-state index in [0.29, 0.717) is 30.1 Å². The average Bonchev–Trinajstić information content (AvgIpc) is 2.40. The van der Waals surface area contributed by atoms with E-state index in [4.69, 9.17) is 17.3 Å². The smallest absolute Gasteiger partial charge is 0.238 e. The molecule has 1 saturated heterocycles. The van der Waals surface area contributed by atoms with E-state index in [1.165, 1.54) is 0 Å². The van der Waals surface area contributed by atoms with Crippen molar-refractivity contribution in [1.82, 2.24) is 4.90 Å².